The maximum Gasteiger partial charge on any atom is 0.433 e. The molecule has 27 heavy (non-hydrogen) atoms. The Morgan fingerprint density at radius 1 is 1.33 bits per heavy atom. The minimum absolute atomic E-state index is 0.0728. The van der Waals surface area contributed by atoms with Gasteiger partial charge in [0.2, 0.25) is 0 Å². The van der Waals surface area contributed by atoms with Gasteiger partial charge in [0.15, 0.2) is 0 Å². The maximum absolute atomic E-state index is 12.5. The van der Waals surface area contributed by atoms with Crippen LogP contribution in [0.2, 0.25) is 0 Å². The number of aryl methyl sites for hydroxylation is 2. The van der Waals surface area contributed by atoms with Crippen LogP contribution >= 0.6 is 0 Å². The number of halogens is 3. The molecule has 2 aromatic heterocycles. The van der Waals surface area contributed by atoms with Crippen LogP contribution in [-0.2, 0) is 13.2 Å². The van der Waals surface area contributed by atoms with E-state index in [1.54, 1.807) is 0 Å². The molecule has 2 aromatic rings. The number of amides is 2. The summed E-state index contributed by atoms with van der Waals surface area (Å²) in [5, 5.41) is 9.73. The van der Waals surface area contributed by atoms with E-state index in [9.17, 15) is 18.0 Å². The zero-order valence-corrected chi connectivity index (χ0v) is 15.0. The van der Waals surface area contributed by atoms with Crippen molar-refractivity contribution in [2.75, 3.05) is 23.3 Å². The van der Waals surface area contributed by atoms with Gasteiger partial charge < -0.3 is 15.5 Å². The first-order valence-electron chi connectivity index (χ1n) is 8.59. The summed E-state index contributed by atoms with van der Waals surface area (Å²) >= 11 is 0. The van der Waals surface area contributed by atoms with Gasteiger partial charge in [-0.2, -0.15) is 18.3 Å². The van der Waals surface area contributed by atoms with E-state index in [1.165, 1.54) is 6.07 Å². The Labute approximate surface area is 154 Å². The highest BCUT2D eigenvalue weighted by atomic mass is 19.4. The van der Waals surface area contributed by atoms with Crippen molar-refractivity contribution in [2.24, 2.45) is 7.05 Å². The van der Waals surface area contributed by atoms with Crippen LogP contribution in [0.5, 0.6) is 0 Å². The van der Waals surface area contributed by atoms with E-state index in [0.717, 1.165) is 43.2 Å². The van der Waals surface area contributed by atoms with Crippen LogP contribution in [0, 0.1) is 6.92 Å². The molecule has 146 valence electrons. The number of carbonyl (C=O) groups excluding carboxylic acids is 1. The number of hydrogen-bond donors (Lipinski definition) is 2. The Balaban J connectivity index is 1.56. The monoisotopic (exact) mass is 382 g/mol. The van der Waals surface area contributed by atoms with Crippen LogP contribution in [-0.4, -0.2) is 39.9 Å². The van der Waals surface area contributed by atoms with Gasteiger partial charge in [0.05, 0.1) is 17.6 Å². The van der Waals surface area contributed by atoms with Gasteiger partial charge in [-0.05, 0) is 31.9 Å². The van der Waals surface area contributed by atoms with E-state index in [1.807, 2.05) is 24.7 Å². The molecule has 3 heterocycles. The lowest BCUT2D eigenvalue weighted by molar-refractivity contribution is -0.141. The molecule has 0 bridgehead atoms. The minimum Gasteiger partial charge on any atom is -0.355 e. The first kappa shape index (κ1) is 19.0. The molecule has 2 N–H and O–H groups in total. The van der Waals surface area contributed by atoms with Crippen molar-refractivity contribution in [1.29, 1.82) is 0 Å². The summed E-state index contributed by atoms with van der Waals surface area (Å²) in [5.74, 6) is 0.992. The second-order valence-electron chi connectivity index (χ2n) is 6.58. The smallest absolute Gasteiger partial charge is 0.355 e. The van der Waals surface area contributed by atoms with Crippen molar-refractivity contribution in [1.82, 2.24) is 20.1 Å². The van der Waals surface area contributed by atoms with Crippen molar-refractivity contribution >= 4 is 17.5 Å². The van der Waals surface area contributed by atoms with Crippen LogP contribution in [0.25, 0.3) is 0 Å². The Morgan fingerprint density at radius 2 is 2.11 bits per heavy atom. The van der Waals surface area contributed by atoms with Crippen LogP contribution in [0.4, 0.5) is 29.5 Å². The second-order valence-corrected chi connectivity index (χ2v) is 6.58. The number of hydrogen-bond acceptors (Lipinski definition) is 4. The fourth-order valence-electron chi connectivity index (χ4n) is 3.18. The first-order valence-corrected chi connectivity index (χ1v) is 8.59. The fourth-order valence-corrected chi connectivity index (χ4v) is 3.18. The lowest BCUT2D eigenvalue weighted by Gasteiger charge is -2.34. The number of carbonyl (C=O) groups is 1. The molecule has 0 radical (unpaired) electrons. The highest BCUT2D eigenvalue weighted by molar-refractivity contribution is 5.89. The number of nitrogens with one attached hydrogen (secondary N) is 2. The van der Waals surface area contributed by atoms with Gasteiger partial charge in [-0.25, -0.2) is 9.78 Å². The van der Waals surface area contributed by atoms with Crippen molar-refractivity contribution in [2.45, 2.75) is 32.0 Å². The molecule has 7 nitrogen and oxygen atoms in total. The molecule has 1 saturated heterocycles. The van der Waals surface area contributed by atoms with Gasteiger partial charge in [-0.15, -0.1) is 0 Å². The van der Waals surface area contributed by atoms with Gasteiger partial charge in [-0.3, -0.25) is 4.68 Å². The maximum atomic E-state index is 12.5. The van der Waals surface area contributed by atoms with Gasteiger partial charge in [0, 0.05) is 32.2 Å². The summed E-state index contributed by atoms with van der Waals surface area (Å²) in [6, 6.07) is 3.47. The summed E-state index contributed by atoms with van der Waals surface area (Å²) in [6.45, 7) is 3.44. The van der Waals surface area contributed by atoms with Crippen LogP contribution in [0.15, 0.2) is 24.4 Å². The number of rotatable bonds is 3. The van der Waals surface area contributed by atoms with E-state index in [0.29, 0.717) is 6.54 Å². The molecule has 0 aliphatic carbocycles. The molecule has 2 amide bonds. The highest BCUT2D eigenvalue weighted by Crippen LogP contribution is 2.27. The summed E-state index contributed by atoms with van der Waals surface area (Å²) in [6.07, 6.45) is -1.77. The largest absolute Gasteiger partial charge is 0.433 e. The van der Waals surface area contributed by atoms with Crippen molar-refractivity contribution in [3.63, 3.8) is 0 Å². The average Bonchev–Trinajstić information content (AvgIpc) is 2.93. The van der Waals surface area contributed by atoms with E-state index < -0.39 is 17.9 Å². The Kier molecular flexibility index (Phi) is 5.24. The predicted molar refractivity (Wildman–Crippen MR) is 94.6 cm³/mol. The van der Waals surface area contributed by atoms with Crippen molar-refractivity contribution in [3.8, 4) is 0 Å². The van der Waals surface area contributed by atoms with Crippen LogP contribution < -0.4 is 15.5 Å². The minimum atomic E-state index is -4.50. The van der Waals surface area contributed by atoms with E-state index >= 15 is 0 Å². The lowest BCUT2D eigenvalue weighted by atomic mass is 10.1. The number of alkyl halides is 3. The molecule has 10 heteroatoms. The summed E-state index contributed by atoms with van der Waals surface area (Å²) in [5.41, 5.74) is 0.133. The lowest BCUT2D eigenvalue weighted by Crippen LogP contribution is -2.49. The molecule has 1 fully saturated rings. The molecule has 1 atom stereocenters. The number of pyridine rings is 1. The quantitative estimate of drug-likeness (QED) is 0.856. The predicted octanol–water partition coefficient (Wildman–Crippen LogP) is 2.93. The number of nitrogens with zero attached hydrogens (tertiary/aromatic N) is 4. The molecule has 0 aromatic carbocycles. The summed E-state index contributed by atoms with van der Waals surface area (Å²) in [7, 11) is 1.88. The molecule has 1 aliphatic rings. The normalized spacial score (nSPS) is 17.7. The molecule has 1 unspecified atom stereocenters. The number of aromatic nitrogens is 3. The average molecular weight is 382 g/mol. The van der Waals surface area contributed by atoms with Gasteiger partial charge >= 0.3 is 12.2 Å². The summed E-state index contributed by atoms with van der Waals surface area (Å²) in [4.78, 5) is 17.7. The molecule has 0 spiro atoms. The number of urea groups is 1. The standard InChI is InChI=1S/C17H21F3N6O/c1-11-8-15(25(2)24-11)26-7-3-4-13(10-26)23-16(27)22-12-5-6-14(21-9-12)17(18,19)20/h5-6,8-9,13H,3-4,7,10H2,1-2H3,(H2,22,23,27). The van der Waals surface area contributed by atoms with Gasteiger partial charge in [0.1, 0.15) is 11.5 Å². The SMILES string of the molecule is Cc1cc(N2CCCC(NC(=O)Nc3ccc(C(F)(F)F)nc3)C2)n(C)n1. The zero-order valence-electron chi connectivity index (χ0n) is 15.0. The molecule has 1 aliphatic heterocycles. The number of piperidine rings is 1. The molecule has 0 saturated carbocycles. The van der Waals surface area contributed by atoms with E-state index in [-0.39, 0.29) is 11.7 Å². The summed E-state index contributed by atoms with van der Waals surface area (Å²) < 4.78 is 39.4. The molecule has 3 rings (SSSR count). The zero-order chi connectivity index (χ0) is 19.6. The van der Waals surface area contributed by atoms with Gasteiger partial charge in [0.25, 0.3) is 0 Å². The van der Waals surface area contributed by atoms with Gasteiger partial charge in [-0.1, -0.05) is 0 Å². The molecular formula is C17H21F3N6O. The Morgan fingerprint density at radius 3 is 2.70 bits per heavy atom. The van der Waals surface area contributed by atoms with E-state index in [2.05, 4.69) is 25.6 Å². The Bertz CT molecular complexity index is 802. The second kappa shape index (κ2) is 7.45. The third-order valence-electron chi connectivity index (χ3n) is 4.37. The molecular weight excluding hydrogens is 361 g/mol. The van der Waals surface area contributed by atoms with Crippen LogP contribution in [0.3, 0.4) is 0 Å². The number of anilines is 2. The highest BCUT2D eigenvalue weighted by Gasteiger charge is 2.32. The third kappa shape index (κ3) is 4.69. The fraction of sp³-hybridized carbons (Fsp3) is 0.471. The van der Waals surface area contributed by atoms with Crippen LogP contribution in [0.1, 0.15) is 24.2 Å². The first-order chi connectivity index (χ1) is 12.7. The topological polar surface area (TPSA) is 75.1 Å². The van der Waals surface area contributed by atoms with Crippen molar-refractivity contribution < 1.29 is 18.0 Å². The van der Waals surface area contributed by atoms with E-state index in [4.69, 9.17) is 0 Å². The van der Waals surface area contributed by atoms with Crippen molar-refractivity contribution in [3.05, 3.63) is 35.8 Å². The third-order valence-corrected chi connectivity index (χ3v) is 4.37. The Hall–Kier alpha value is -2.78.